The summed E-state index contributed by atoms with van der Waals surface area (Å²) in [6.45, 7) is 12.8. The van der Waals surface area contributed by atoms with E-state index in [0.717, 1.165) is 47.5 Å². The van der Waals surface area contributed by atoms with E-state index >= 15 is 0 Å². The minimum Gasteiger partial charge on any atom is -0.443 e. The Hall–Kier alpha value is -3.38. The fraction of sp³-hybridized carbons (Fsp3) is 0.533. The molecule has 0 amide bonds. The van der Waals surface area contributed by atoms with E-state index < -0.39 is 17.6 Å². The van der Waals surface area contributed by atoms with Crippen LogP contribution < -0.4 is 0 Å². The molecule has 0 bridgehead atoms. The van der Waals surface area contributed by atoms with Crippen molar-refractivity contribution in [3.05, 3.63) is 58.4 Å². The predicted molar refractivity (Wildman–Crippen MR) is 139 cm³/mol. The van der Waals surface area contributed by atoms with Gasteiger partial charge in [-0.1, -0.05) is 30.3 Å². The van der Waals surface area contributed by atoms with Gasteiger partial charge < -0.3 is 4.74 Å². The molecule has 2 heterocycles. The smallest absolute Gasteiger partial charge is 0.418 e. The van der Waals surface area contributed by atoms with Crippen LogP contribution in [0.1, 0.15) is 80.5 Å². The second-order valence-corrected chi connectivity index (χ2v) is 11.3. The van der Waals surface area contributed by atoms with Gasteiger partial charge in [0.1, 0.15) is 30.3 Å². The van der Waals surface area contributed by atoms with Gasteiger partial charge in [-0.05, 0) is 64.7 Å². The maximum absolute atomic E-state index is 13.4. The van der Waals surface area contributed by atoms with Gasteiger partial charge in [0, 0.05) is 36.1 Å². The lowest BCUT2D eigenvalue weighted by Gasteiger charge is -2.37. The fourth-order valence-electron chi connectivity index (χ4n) is 6.10. The monoisotopic (exact) mass is 485 g/mol. The molecule has 0 N–H and O–H groups in total. The average Bonchev–Trinajstić information content (AvgIpc) is 3.34. The summed E-state index contributed by atoms with van der Waals surface area (Å²) in [5.41, 5.74) is 4.14. The van der Waals surface area contributed by atoms with Crippen LogP contribution in [0.3, 0.4) is 0 Å². The molecule has 6 heteroatoms. The number of rotatable bonds is 3. The Morgan fingerprint density at radius 3 is 2.42 bits per heavy atom. The number of aromatic nitrogens is 1. The van der Waals surface area contributed by atoms with Crippen molar-refractivity contribution in [3.8, 4) is 12.1 Å². The first-order valence-corrected chi connectivity index (χ1v) is 13.0. The molecule has 4 rings (SSSR count). The molecule has 1 saturated heterocycles. The van der Waals surface area contributed by atoms with Gasteiger partial charge in [-0.3, -0.25) is 4.57 Å². The molecule has 4 atom stereocenters. The summed E-state index contributed by atoms with van der Waals surface area (Å²) < 4.78 is 9.89. The molecule has 36 heavy (non-hydrogen) atoms. The largest absolute Gasteiger partial charge is 0.443 e. The molecule has 1 aliphatic heterocycles. The van der Waals surface area contributed by atoms with Gasteiger partial charge >= 0.3 is 6.09 Å². The normalized spacial score (nSPS) is 24.9. The highest BCUT2D eigenvalue weighted by Gasteiger charge is 2.47. The zero-order valence-electron chi connectivity index (χ0n) is 22.3. The minimum absolute atomic E-state index is 0.0237. The van der Waals surface area contributed by atoms with Crippen LogP contribution >= 0.6 is 0 Å². The Balaban J connectivity index is 1.97. The van der Waals surface area contributed by atoms with Gasteiger partial charge in [0.25, 0.3) is 0 Å². The number of hydrogen-bond acceptors (Lipinski definition) is 4. The van der Waals surface area contributed by atoms with Crippen molar-refractivity contribution in [3.63, 3.8) is 0 Å². The summed E-state index contributed by atoms with van der Waals surface area (Å²) in [5, 5.41) is 20.2. The molecule has 1 aliphatic carbocycles. The number of hydrogen-bond donors (Lipinski definition) is 0. The van der Waals surface area contributed by atoms with Crippen LogP contribution in [0.4, 0.5) is 4.79 Å². The second-order valence-electron chi connectivity index (χ2n) is 11.3. The Bertz CT molecular complexity index is 1240. The number of fused-ring (bicyclic) bond motifs is 1. The highest BCUT2D eigenvalue weighted by atomic mass is 16.6. The van der Waals surface area contributed by atoms with E-state index in [1.807, 2.05) is 52.8 Å². The van der Waals surface area contributed by atoms with Crippen LogP contribution in [0.5, 0.6) is 0 Å². The lowest BCUT2D eigenvalue weighted by molar-refractivity contribution is -0.538. The van der Waals surface area contributed by atoms with Crippen molar-refractivity contribution in [2.45, 2.75) is 84.3 Å². The van der Waals surface area contributed by atoms with Gasteiger partial charge in [0.15, 0.2) is 0 Å². The first-order valence-electron chi connectivity index (χ1n) is 13.0. The van der Waals surface area contributed by atoms with Crippen molar-refractivity contribution in [2.75, 3.05) is 6.54 Å². The standard InChI is InChI=1S/C30H37N4O2/c1-19-11-10-14-33(19)18-25-24(22-12-8-7-9-13-22)15-26-27(28(25)23(16-31)17-32)20(2)21(3)34(26)29(35)36-30(4,5)6/h7-9,12-13,18-19,23-25,28H,10-11,14-15H2,1-6H3/q+1/t19-,24-,25?,28?/m1/s1. The third-order valence-electron chi connectivity index (χ3n) is 7.90. The quantitative estimate of drug-likeness (QED) is 0.510. The van der Waals surface area contributed by atoms with Crippen molar-refractivity contribution in [1.29, 1.82) is 10.5 Å². The average molecular weight is 486 g/mol. The van der Waals surface area contributed by atoms with Gasteiger partial charge in [-0.2, -0.15) is 10.5 Å². The van der Waals surface area contributed by atoms with Crippen LogP contribution in [0.15, 0.2) is 30.3 Å². The molecular weight excluding hydrogens is 448 g/mol. The van der Waals surface area contributed by atoms with Crippen LogP contribution in [0.2, 0.25) is 0 Å². The lowest BCUT2D eigenvalue weighted by Crippen LogP contribution is -2.37. The zero-order valence-corrected chi connectivity index (χ0v) is 22.3. The summed E-state index contributed by atoms with van der Waals surface area (Å²) in [4.78, 5) is 13.4. The molecule has 1 aromatic carbocycles. The molecule has 1 fully saturated rings. The third kappa shape index (κ3) is 4.70. The summed E-state index contributed by atoms with van der Waals surface area (Å²) in [6.07, 6.45) is 4.82. The highest BCUT2D eigenvalue weighted by molar-refractivity contribution is 5.76. The predicted octanol–water partition coefficient (Wildman–Crippen LogP) is 5.86. The van der Waals surface area contributed by atoms with E-state index in [2.05, 4.69) is 42.0 Å². The van der Waals surface area contributed by atoms with Crippen molar-refractivity contribution >= 4 is 12.3 Å². The van der Waals surface area contributed by atoms with Gasteiger partial charge in [0.05, 0.1) is 18.1 Å². The van der Waals surface area contributed by atoms with Gasteiger partial charge in [-0.25, -0.2) is 9.37 Å². The second kappa shape index (κ2) is 9.94. The number of carbonyl (C=O) groups excluding carboxylic acids is 1. The molecule has 0 saturated carbocycles. The first kappa shape index (κ1) is 25.7. The molecule has 2 aromatic rings. The number of ether oxygens (including phenoxy) is 1. The van der Waals surface area contributed by atoms with Crippen LogP contribution in [0, 0.1) is 48.3 Å². The molecule has 0 radical (unpaired) electrons. The summed E-state index contributed by atoms with van der Waals surface area (Å²) in [5.74, 6) is -1.20. The molecule has 2 aliphatic rings. The van der Waals surface area contributed by atoms with Crippen molar-refractivity contribution < 1.29 is 14.1 Å². The number of carbonyl (C=O) groups is 1. The Morgan fingerprint density at radius 1 is 1.19 bits per heavy atom. The van der Waals surface area contributed by atoms with E-state index in [4.69, 9.17) is 4.74 Å². The number of nitrogens with zero attached hydrogens (tertiary/aromatic N) is 4. The third-order valence-corrected chi connectivity index (χ3v) is 7.90. The van der Waals surface area contributed by atoms with Crippen molar-refractivity contribution in [1.82, 2.24) is 4.57 Å². The molecule has 188 valence electrons. The van der Waals surface area contributed by atoms with E-state index in [1.54, 1.807) is 4.57 Å². The summed E-state index contributed by atoms with van der Waals surface area (Å²) in [6, 6.07) is 15.3. The number of benzene rings is 1. The Labute approximate surface area is 214 Å². The van der Waals surface area contributed by atoms with Gasteiger partial charge in [0.2, 0.25) is 0 Å². The minimum atomic E-state index is -0.831. The highest BCUT2D eigenvalue weighted by Crippen LogP contribution is 2.50. The molecule has 2 unspecified atom stereocenters. The van der Waals surface area contributed by atoms with E-state index in [9.17, 15) is 15.3 Å². The van der Waals surface area contributed by atoms with Gasteiger partial charge in [-0.15, -0.1) is 0 Å². The molecule has 0 spiro atoms. The maximum atomic E-state index is 13.4. The van der Waals surface area contributed by atoms with Crippen LogP contribution in [-0.4, -0.2) is 39.6 Å². The lowest BCUT2D eigenvalue weighted by atomic mass is 9.64. The Kier molecular flexibility index (Phi) is 7.10. The van der Waals surface area contributed by atoms with Crippen LogP contribution in [-0.2, 0) is 11.2 Å². The molecule has 6 nitrogen and oxygen atoms in total. The topological polar surface area (TPSA) is 81.8 Å². The Morgan fingerprint density at radius 2 is 1.86 bits per heavy atom. The molecular formula is C30H37N4O2+. The van der Waals surface area contributed by atoms with E-state index in [-0.39, 0.29) is 17.8 Å². The SMILES string of the molecule is Cc1c2c(n(C(=O)OC(C)(C)C)c1C)C[C@H](c1ccccc1)C(C=[N+]1CCC[C@H]1C)C2C(C#N)C#N. The van der Waals surface area contributed by atoms with Crippen LogP contribution in [0.25, 0.3) is 0 Å². The zero-order chi connectivity index (χ0) is 26.2. The molecule has 1 aromatic heterocycles. The summed E-state index contributed by atoms with van der Waals surface area (Å²) in [7, 11) is 0. The summed E-state index contributed by atoms with van der Waals surface area (Å²) >= 11 is 0. The van der Waals surface area contributed by atoms with Crippen molar-refractivity contribution in [2.24, 2.45) is 11.8 Å². The maximum Gasteiger partial charge on any atom is 0.418 e. The number of nitriles is 2. The van der Waals surface area contributed by atoms with E-state index in [1.165, 1.54) is 0 Å². The van der Waals surface area contributed by atoms with E-state index in [0.29, 0.717) is 12.5 Å². The first-order chi connectivity index (χ1) is 17.1. The fourth-order valence-corrected chi connectivity index (χ4v) is 6.10.